The minimum absolute atomic E-state index is 0.160. The Kier molecular flexibility index (Phi) is 7.45. The number of thioether (sulfide) groups is 1. The molecule has 0 spiro atoms. The Labute approximate surface area is 191 Å². The van der Waals surface area contributed by atoms with Crippen LogP contribution >= 0.6 is 50.9 Å². The molecule has 1 heterocycles. The highest BCUT2D eigenvalue weighted by atomic mass is 79.9. The van der Waals surface area contributed by atoms with E-state index in [4.69, 9.17) is 27.9 Å². The highest BCUT2D eigenvalue weighted by Gasteiger charge is 2.18. The number of hydrogen-bond acceptors (Lipinski definition) is 5. The van der Waals surface area contributed by atoms with Crippen LogP contribution in [0.5, 0.6) is 5.75 Å². The topological polar surface area (TPSA) is 69.0 Å². The molecule has 0 saturated heterocycles. The van der Waals surface area contributed by atoms with Crippen LogP contribution in [-0.4, -0.2) is 26.4 Å². The molecule has 0 saturated carbocycles. The Morgan fingerprint density at radius 2 is 1.97 bits per heavy atom. The zero-order valence-electron chi connectivity index (χ0n) is 15.5. The molecule has 0 bridgehead atoms. The number of carbonyl (C=O) groups is 1. The molecule has 1 N–H and O–H groups in total. The van der Waals surface area contributed by atoms with Gasteiger partial charge in [0.05, 0.1) is 16.5 Å². The van der Waals surface area contributed by atoms with E-state index in [9.17, 15) is 4.79 Å². The lowest BCUT2D eigenvalue weighted by Crippen LogP contribution is -2.15. The summed E-state index contributed by atoms with van der Waals surface area (Å²) in [6.45, 7) is 1.90. The van der Waals surface area contributed by atoms with Crippen molar-refractivity contribution in [3.8, 4) is 5.75 Å². The molecule has 0 aliphatic rings. The fraction of sp³-hybridized carbons (Fsp3) is 0.211. The molecule has 1 amide bonds. The van der Waals surface area contributed by atoms with Crippen LogP contribution in [0.1, 0.15) is 18.9 Å². The van der Waals surface area contributed by atoms with Crippen LogP contribution < -0.4 is 10.1 Å². The van der Waals surface area contributed by atoms with E-state index in [0.717, 1.165) is 10.2 Å². The van der Waals surface area contributed by atoms with Crippen molar-refractivity contribution in [1.29, 1.82) is 0 Å². The zero-order valence-corrected chi connectivity index (χ0v) is 19.4. The summed E-state index contributed by atoms with van der Waals surface area (Å²) in [5, 5.41) is 12.6. The number of anilines is 1. The van der Waals surface area contributed by atoms with Gasteiger partial charge >= 0.3 is 0 Å². The van der Waals surface area contributed by atoms with E-state index in [2.05, 4.69) is 31.4 Å². The van der Waals surface area contributed by atoms with Gasteiger partial charge in [-0.15, -0.1) is 10.2 Å². The minimum Gasteiger partial charge on any atom is -0.483 e. The molecule has 0 fully saturated rings. The first-order valence-electron chi connectivity index (χ1n) is 8.52. The molecular weight excluding hydrogens is 499 g/mol. The first-order chi connectivity index (χ1) is 13.8. The van der Waals surface area contributed by atoms with Crippen molar-refractivity contribution in [2.75, 3.05) is 11.1 Å². The van der Waals surface area contributed by atoms with E-state index in [1.54, 1.807) is 18.2 Å². The van der Waals surface area contributed by atoms with Crippen LogP contribution in [0.4, 0.5) is 5.69 Å². The van der Waals surface area contributed by atoms with E-state index in [1.807, 2.05) is 42.8 Å². The molecule has 6 nitrogen and oxygen atoms in total. The number of rotatable bonds is 7. The van der Waals surface area contributed by atoms with E-state index >= 15 is 0 Å². The van der Waals surface area contributed by atoms with Gasteiger partial charge in [0.2, 0.25) is 5.91 Å². The third kappa shape index (κ3) is 5.88. The van der Waals surface area contributed by atoms with Crippen LogP contribution in [-0.2, 0) is 11.8 Å². The number of nitrogens with zero attached hydrogens (tertiary/aromatic N) is 3. The summed E-state index contributed by atoms with van der Waals surface area (Å²) in [6, 6.07) is 12.5. The molecule has 0 radical (unpaired) electrons. The summed E-state index contributed by atoms with van der Waals surface area (Å²) in [5.41, 5.74) is 0.511. The van der Waals surface area contributed by atoms with Gasteiger partial charge in [0.15, 0.2) is 17.1 Å². The second-order valence-electron chi connectivity index (χ2n) is 6.07. The third-order valence-electron chi connectivity index (χ3n) is 3.90. The van der Waals surface area contributed by atoms with Gasteiger partial charge in [-0.05, 0) is 49.4 Å². The number of amides is 1. The molecule has 152 valence electrons. The van der Waals surface area contributed by atoms with Gasteiger partial charge in [-0.25, -0.2) is 0 Å². The summed E-state index contributed by atoms with van der Waals surface area (Å²) in [5.74, 6) is 1.35. The van der Waals surface area contributed by atoms with Gasteiger partial charge < -0.3 is 14.6 Å². The van der Waals surface area contributed by atoms with Gasteiger partial charge in [-0.2, -0.15) is 0 Å². The lowest BCUT2D eigenvalue weighted by atomic mass is 10.3. The highest BCUT2D eigenvalue weighted by molar-refractivity contribution is 9.10. The Bertz CT molecular complexity index is 1010. The zero-order chi connectivity index (χ0) is 21.0. The Morgan fingerprint density at radius 3 is 2.66 bits per heavy atom. The molecule has 3 aromatic rings. The van der Waals surface area contributed by atoms with Crippen LogP contribution in [0.25, 0.3) is 0 Å². The van der Waals surface area contributed by atoms with Crippen molar-refractivity contribution in [1.82, 2.24) is 14.8 Å². The number of ether oxygens (including phenoxy) is 1. The largest absolute Gasteiger partial charge is 0.483 e. The maximum atomic E-state index is 12.2. The number of hydrogen-bond donors (Lipinski definition) is 1. The molecule has 29 heavy (non-hydrogen) atoms. The maximum absolute atomic E-state index is 12.2. The first kappa shape index (κ1) is 22.0. The van der Waals surface area contributed by atoms with E-state index in [0.29, 0.717) is 26.7 Å². The van der Waals surface area contributed by atoms with Gasteiger partial charge in [0.1, 0.15) is 5.75 Å². The van der Waals surface area contributed by atoms with Gasteiger partial charge in [-0.1, -0.05) is 50.9 Å². The van der Waals surface area contributed by atoms with E-state index in [-0.39, 0.29) is 17.8 Å². The third-order valence-corrected chi connectivity index (χ3v) is 5.99. The predicted molar refractivity (Wildman–Crippen MR) is 120 cm³/mol. The fourth-order valence-electron chi connectivity index (χ4n) is 2.48. The lowest BCUT2D eigenvalue weighted by Gasteiger charge is -2.14. The molecule has 3 rings (SSSR count). The summed E-state index contributed by atoms with van der Waals surface area (Å²) in [6.07, 6.45) is -0.301. The van der Waals surface area contributed by atoms with Crippen LogP contribution in [0.2, 0.25) is 10.0 Å². The van der Waals surface area contributed by atoms with Crippen LogP contribution in [0.15, 0.2) is 52.1 Å². The monoisotopic (exact) mass is 514 g/mol. The number of nitrogens with one attached hydrogen (secondary N) is 1. The molecule has 10 heteroatoms. The molecular formula is C19H17BrCl2N4O2S. The van der Waals surface area contributed by atoms with Gasteiger partial charge in [-0.3, -0.25) is 4.79 Å². The Morgan fingerprint density at radius 1 is 1.24 bits per heavy atom. The average molecular weight is 516 g/mol. The average Bonchev–Trinajstić information content (AvgIpc) is 3.05. The standard InChI is InChI=1S/C19H17BrCl2N4O2S/c1-11(28-14-6-3-12(20)4-7-14)18-24-25-19(26(18)2)29-10-17(27)23-16-8-5-13(21)9-15(16)22/h3-9,11H,10H2,1-2H3,(H,23,27). The molecule has 0 aliphatic carbocycles. The summed E-state index contributed by atoms with van der Waals surface area (Å²) >= 11 is 16.6. The molecule has 1 aromatic heterocycles. The van der Waals surface area contributed by atoms with E-state index in [1.165, 1.54) is 11.8 Å². The van der Waals surface area contributed by atoms with Crippen LogP contribution in [0, 0.1) is 0 Å². The minimum atomic E-state index is -0.301. The Hall–Kier alpha value is -1.74. The van der Waals surface area contributed by atoms with Crippen molar-refractivity contribution in [3.05, 3.63) is 62.8 Å². The molecule has 1 unspecified atom stereocenters. The van der Waals surface area contributed by atoms with Crippen molar-refractivity contribution in [3.63, 3.8) is 0 Å². The van der Waals surface area contributed by atoms with E-state index < -0.39 is 0 Å². The second-order valence-corrected chi connectivity index (χ2v) is 8.78. The number of carbonyl (C=O) groups excluding carboxylic acids is 1. The van der Waals surface area contributed by atoms with Crippen molar-refractivity contribution in [2.24, 2.45) is 7.05 Å². The first-order valence-corrected chi connectivity index (χ1v) is 11.1. The van der Waals surface area contributed by atoms with Gasteiger partial charge in [0.25, 0.3) is 0 Å². The van der Waals surface area contributed by atoms with Crippen LogP contribution in [0.3, 0.4) is 0 Å². The summed E-state index contributed by atoms with van der Waals surface area (Å²) in [7, 11) is 1.84. The number of aromatic nitrogens is 3. The molecule has 2 aromatic carbocycles. The van der Waals surface area contributed by atoms with Crippen molar-refractivity contribution >= 4 is 62.5 Å². The number of benzene rings is 2. The summed E-state index contributed by atoms with van der Waals surface area (Å²) < 4.78 is 8.71. The quantitative estimate of drug-likeness (QED) is 0.405. The Balaban J connectivity index is 1.58. The lowest BCUT2D eigenvalue weighted by molar-refractivity contribution is -0.113. The SMILES string of the molecule is CC(Oc1ccc(Br)cc1)c1nnc(SCC(=O)Nc2ccc(Cl)cc2Cl)n1C. The van der Waals surface area contributed by atoms with Crippen molar-refractivity contribution < 1.29 is 9.53 Å². The summed E-state index contributed by atoms with van der Waals surface area (Å²) in [4.78, 5) is 12.2. The predicted octanol–water partition coefficient (Wildman–Crippen LogP) is 5.76. The fourth-order valence-corrected chi connectivity index (χ4v) is 3.92. The normalized spacial score (nSPS) is 11.9. The molecule has 1 atom stereocenters. The highest BCUT2D eigenvalue weighted by Crippen LogP contribution is 2.27. The maximum Gasteiger partial charge on any atom is 0.234 e. The smallest absolute Gasteiger partial charge is 0.234 e. The van der Waals surface area contributed by atoms with Gasteiger partial charge in [0, 0.05) is 16.5 Å². The molecule has 0 aliphatic heterocycles. The number of halogens is 3. The second kappa shape index (κ2) is 9.84. The van der Waals surface area contributed by atoms with Crippen molar-refractivity contribution in [2.45, 2.75) is 18.2 Å².